The van der Waals surface area contributed by atoms with E-state index in [0.717, 1.165) is 0 Å². The number of nitrogens with zero attached hydrogens (tertiary/aromatic N) is 1. The molecule has 6 heteroatoms. The van der Waals surface area contributed by atoms with Crippen molar-refractivity contribution in [1.82, 2.24) is 10.6 Å². The zero-order valence-corrected chi connectivity index (χ0v) is 5.72. The lowest BCUT2D eigenvalue weighted by Gasteiger charge is -1.90. The number of hydrazine groups is 1. The molecule has 0 spiro atoms. The Hall–Kier alpha value is -1.43. The third-order valence-corrected chi connectivity index (χ3v) is 1.14. The van der Waals surface area contributed by atoms with Gasteiger partial charge in [-0.1, -0.05) is 5.16 Å². The number of carbonyl (C=O) groups excluding carboxylic acids is 1. The first-order valence-corrected chi connectivity index (χ1v) is 2.79. The number of hydrogen-bond donors (Lipinski definition) is 2. The monoisotopic (exact) mass is 159 g/mol. The third-order valence-electron chi connectivity index (χ3n) is 1.14. The van der Waals surface area contributed by atoms with E-state index >= 15 is 0 Å². The maximum absolute atomic E-state index is 12.7. The first kappa shape index (κ1) is 7.67. The molecule has 0 saturated heterocycles. The van der Waals surface area contributed by atoms with E-state index in [9.17, 15) is 9.18 Å². The summed E-state index contributed by atoms with van der Waals surface area (Å²) in [5.74, 6) is 3.11. The van der Waals surface area contributed by atoms with Crippen molar-refractivity contribution < 1.29 is 13.7 Å². The molecule has 0 aliphatic carbocycles. The van der Waals surface area contributed by atoms with Crippen LogP contribution in [0.3, 0.4) is 0 Å². The van der Waals surface area contributed by atoms with Crippen LogP contribution < -0.4 is 11.3 Å². The van der Waals surface area contributed by atoms with E-state index in [1.165, 1.54) is 6.92 Å². The molecule has 1 aromatic rings. The van der Waals surface area contributed by atoms with Crippen LogP contribution in [0.5, 0.6) is 0 Å². The van der Waals surface area contributed by atoms with Gasteiger partial charge in [-0.25, -0.2) is 10.2 Å². The topological polar surface area (TPSA) is 81.2 Å². The van der Waals surface area contributed by atoms with Crippen LogP contribution in [0.1, 0.15) is 16.2 Å². The molecular weight excluding hydrogens is 153 g/mol. The van der Waals surface area contributed by atoms with E-state index in [1.54, 1.807) is 5.43 Å². The molecule has 5 nitrogen and oxygen atoms in total. The predicted octanol–water partition coefficient (Wildman–Crippen LogP) is -0.274. The summed E-state index contributed by atoms with van der Waals surface area (Å²) in [5, 5.41) is 3.14. The third kappa shape index (κ3) is 1.20. The van der Waals surface area contributed by atoms with E-state index in [0.29, 0.717) is 0 Å². The molecule has 11 heavy (non-hydrogen) atoms. The minimum atomic E-state index is -0.806. The van der Waals surface area contributed by atoms with Gasteiger partial charge in [-0.05, 0) is 6.92 Å². The largest absolute Gasteiger partial charge is 0.358 e. The Kier molecular flexibility index (Phi) is 1.86. The predicted molar refractivity (Wildman–Crippen MR) is 32.9 cm³/mol. The number of nitrogen functional groups attached to an aromatic ring is 1. The number of aryl methyl sites for hydroxylation is 1. The molecule has 0 aromatic carbocycles. The van der Waals surface area contributed by atoms with Gasteiger partial charge in [0.2, 0.25) is 5.69 Å². The van der Waals surface area contributed by atoms with Crippen LogP contribution in [0.2, 0.25) is 0 Å². The lowest BCUT2D eigenvalue weighted by Crippen LogP contribution is -2.30. The van der Waals surface area contributed by atoms with Crippen molar-refractivity contribution >= 4 is 5.91 Å². The highest BCUT2D eigenvalue weighted by molar-refractivity contribution is 5.91. The molecule has 3 N–H and O–H groups in total. The van der Waals surface area contributed by atoms with Crippen LogP contribution in [-0.4, -0.2) is 11.1 Å². The molecule has 60 valence electrons. The Balaban J connectivity index is 3.04. The van der Waals surface area contributed by atoms with E-state index in [1.807, 2.05) is 0 Å². The minimum Gasteiger partial charge on any atom is -0.358 e. The van der Waals surface area contributed by atoms with Crippen LogP contribution in [0.25, 0.3) is 0 Å². The summed E-state index contributed by atoms with van der Waals surface area (Å²) >= 11 is 0. The van der Waals surface area contributed by atoms with E-state index in [4.69, 9.17) is 5.84 Å². The Morgan fingerprint density at radius 3 is 2.82 bits per heavy atom. The summed E-state index contributed by atoms with van der Waals surface area (Å²) in [6.45, 7) is 1.36. The molecule has 0 saturated carbocycles. The van der Waals surface area contributed by atoms with Crippen molar-refractivity contribution in [3.63, 3.8) is 0 Å². The van der Waals surface area contributed by atoms with Crippen LogP contribution in [0.15, 0.2) is 4.52 Å². The first-order valence-electron chi connectivity index (χ1n) is 2.79. The molecule has 0 bridgehead atoms. The van der Waals surface area contributed by atoms with Crippen LogP contribution in [0, 0.1) is 12.7 Å². The molecule has 0 aliphatic rings. The maximum atomic E-state index is 12.7. The average Bonchev–Trinajstić information content (AvgIpc) is 2.32. The number of nitrogens with two attached hydrogens (primary N) is 1. The van der Waals surface area contributed by atoms with Gasteiger partial charge in [-0.2, -0.15) is 0 Å². The fourth-order valence-corrected chi connectivity index (χ4v) is 0.570. The van der Waals surface area contributed by atoms with Crippen LogP contribution in [-0.2, 0) is 0 Å². The van der Waals surface area contributed by atoms with Crippen LogP contribution in [0.4, 0.5) is 4.39 Å². The second kappa shape index (κ2) is 2.67. The number of carbonyl (C=O) groups is 1. The molecule has 1 amide bonds. The van der Waals surface area contributed by atoms with Crippen molar-refractivity contribution in [1.29, 1.82) is 0 Å². The van der Waals surface area contributed by atoms with Crippen molar-refractivity contribution in [2.45, 2.75) is 6.92 Å². The second-order valence-electron chi connectivity index (χ2n) is 1.87. The highest BCUT2D eigenvalue weighted by Gasteiger charge is 2.18. The molecule has 0 aliphatic heterocycles. The van der Waals surface area contributed by atoms with Crippen molar-refractivity contribution in [3.05, 3.63) is 17.3 Å². The zero-order valence-electron chi connectivity index (χ0n) is 5.72. The summed E-state index contributed by atoms with van der Waals surface area (Å²) in [4.78, 5) is 10.6. The Labute approximate surface area is 61.3 Å². The van der Waals surface area contributed by atoms with Gasteiger partial charge in [-0.3, -0.25) is 10.2 Å². The molecule has 1 heterocycles. The fraction of sp³-hybridized carbons (Fsp3) is 0.200. The maximum Gasteiger partial charge on any atom is 0.290 e. The molecule has 1 rings (SSSR count). The Morgan fingerprint density at radius 2 is 2.45 bits per heavy atom. The smallest absolute Gasteiger partial charge is 0.290 e. The number of amides is 1. The lowest BCUT2D eigenvalue weighted by atomic mass is 10.3. The molecule has 0 radical (unpaired) electrons. The summed E-state index contributed by atoms with van der Waals surface area (Å²) in [6, 6.07) is 0. The molecule has 0 unspecified atom stereocenters. The van der Waals surface area contributed by atoms with Crippen molar-refractivity contribution in [2.75, 3.05) is 0 Å². The fourth-order valence-electron chi connectivity index (χ4n) is 0.570. The Bertz CT molecular complexity index is 283. The van der Waals surface area contributed by atoms with Gasteiger partial charge in [0.05, 0.1) is 0 Å². The highest BCUT2D eigenvalue weighted by Crippen LogP contribution is 2.09. The number of aromatic nitrogens is 1. The second-order valence-corrected chi connectivity index (χ2v) is 1.87. The summed E-state index contributed by atoms with van der Waals surface area (Å²) in [7, 11) is 0. The standard InChI is InChI=1S/C5H6FN3O2/c1-2-3(6)4(9-11-2)5(10)8-7/h7H2,1H3,(H,8,10). The van der Waals surface area contributed by atoms with Gasteiger partial charge in [0.25, 0.3) is 5.91 Å². The number of hydrogen-bond acceptors (Lipinski definition) is 4. The lowest BCUT2D eigenvalue weighted by molar-refractivity contribution is 0.0941. The summed E-state index contributed by atoms with van der Waals surface area (Å²) in [5.41, 5.74) is 1.31. The first-order chi connectivity index (χ1) is 5.16. The van der Waals surface area contributed by atoms with Gasteiger partial charge in [0.1, 0.15) is 0 Å². The van der Waals surface area contributed by atoms with E-state index in [2.05, 4.69) is 9.68 Å². The number of rotatable bonds is 1. The SMILES string of the molecule is Cc1onc(C(=O)NN)c1F. The zero-order chi connectivity index (χ0) is 8.43. The van der Waals surface area contributed by atoms with Gasteiger partial charge in [0, 0.05) is 0 Å². The van der Waals surface area contributed by atoms with Crippen molar-refractivity contribution in [3.8, 4) is 0 Å². The van der Waals surface area contributed by atoms with Gasteiger partial charge < -0.3 is 4.52 Å². The van der Waals surface area contributed by atoms with Crippen molar-refractivity contribution in [2.24, 2.45) is 5.84 Å². The highest BCUT2D eigenvalue weighted by atomic mass is 19.1. The molecular formula is C5H6FN3O2. The number of halogens is 1. The average molecular weight is 159 g/mol. The molecule has 1 aromatic heterocycles. The quantitative estimate of drug-likeness (QED) is 0.335. The van der Waals surface area contributed by atoms with E-state index in [-0.39, 0.29) is 5.76 Å². The summed E-state index contributed by atoms with van der Waals surface area (Å²) < 4.78 is 17.1. The normalized spacial score (nSPS) is 9.73. The Morgan fingerprint density at radius 1 is 1.82 bits per heavy atom. The molecule has 0 fully saturated rings. The minimum absolute atomic E-state index is 0.0383. The molecule has 0 atom stereocenters. The van der Waals surface area contributed by atoms with Crippen LogP contribution >= 0.6 is 0 Å². The van der Waals surface area contributed by atoms with Gasteiger partial charge in [0.15, 0.2) is 11.6 Å². The van der Waals surface area contributed by atoms with Gasteiger partial charge in [-0.15, -0.1) is 0 Å². The number of nitrogens with one attached hydrogen (secondary N) is 1. The van der Waals surface area contributed by atoms with E-state index < -0.39 is 17.4 Å². The van der Waals surface area contributed by atoms with Gasteiger partial charge >= 0.3 is 0 Å². The summed E-state index contributed by atoms with van der Waals surface area (Å²) in [6.07, 6.45) is 0.